The van der Waals surface area contributed by atoms with E-state index in [9.17, 15) is 9.59 Å². The molecule has 0 bridgehead atoms. The molecule has 0 aromatic carbocycles. The van der Waals surface area contributed by atoms with Crippen molar-refractivity contribution < 1.29 is 9.59 Å². The van der Waals surface area contributed by atoms with E-state index in [-0.39, 0.29) is 11.8 Å². The minimum absolute atomic E-state index is 0.130. The predicted octanol–water partition coefficient (Wildman–Crippen LogP) is 2.06. The molecule has 2 aromatic heterocycles. The Morgan fingerprint density at radius 3 is 2.67 bits per heavy atom. The molecule has 1 fully saturated rings. The number of nitrogens with zero attached hydrogens (tertiary/aromatic N) is 3. The number of nitrogens with one attached hydrogen (secondary N) is 1. The molecule has 24 heavy (non-hydrogen) atoms. The first kappa shape index (κ1) is 16.6. The second-order valence-corrected chi connectivity index (χ2v) is 6.54. The summed E-state index contributed by atoms with van der Waals surface area (Å²) in [6, 6.07) is 7.44. The van der Waals surface area contributed by atoms with E-state index in [1.165, 1.54) is 11.3 Å². The monoisotopic (exact) mass is 344 g/mol. The van der Waals surface area contributed by atoms with Gasteiger partial charge in [0.25, 0.3) is 5.91 Å². The van der Waals surface area contributed by atoms with Crippen LogP contribution in [0.1, 0.15) is 23.0 Å². The maximum absolute atomic E-state index is 12.1. The quantitative estimate of drug-likeness (QED) is 0.922. The van der Waals surface area contributed by atoms with Crippen LogP contribution >= 0.6 is 11.3 Å². The number of amides is 2. The predicted molar refractivity (Wildman–Crippen MR) is 94.0 cm³/mol. The standard InChI is InChI=1S/C17H20N4O2S/c1-13(22)21-8-6-20(7-9-21)11-15-3-2-4-16(18-15)19-17(23)14-5-10-24-12-14/h2-5,10,12H,6-9,11H2,1H3,(H,18,19,23). The summed E-state index contributed by atoms with van der Waals surface area (Å²) in [4.78, 5) is 32.1. The number of carbonyl (C=O) groups excluding carboxylic acids is 2. The molecule has 2 amide bonds. The molecule has 1 aliphatic heterocycles. The first-order chi connectivity index (χ1) is 11.6. The number of aromatic nitrogens is 1. The van der Waals surface area contributed by atoms with Gasteiger partial charge in [0.2, 0.25) is 5.91 Å². The summed E-state index contributed by atoms with van der Waals surface area (Å²) in [5.41, 5.74) is 1.56. The van der Waals surface area contributed by atoms with Crippen LogP contribution in [0.3, 0.4) is 0 Å². The van der Waals surface area contributed by atoms with Crippen LogP contribution in [0.4, 0.5) is 5.82 Å². The zero-order valence-electron chi connectivity index (χ0n) is 13.6. The molecule has 2 aromatic rings. The highest BCUT2D eigenvalue weighted by atomic mass is 32.1. The number of piperazine rings is 1. The topological polar surface area (TPSA) is 65.5 Å². The van der Waals surface area contributed by atoms with Crippen molar-refractivity contribution in [2.24, 2.45) is 0 Å². The summed E-state index contributed by atoms with van der Waals surface area (Å²) in [5.74, 6) is 0.549. The molecule has 0 atom stereocenters. The Hall–Kier alpha value is -2.25. The number of hydrogen-bond acceptors (Lipinski definition) is 5. The van der Waals surface area contributed by atoms with Crippen LogP contribution in [0.25, 0.3) is 0 Å². The molecule has 0 radical (unpaired) electrons. The molecule has 1 aliphatic rings. The molecular weight excluding hydrogens is 324 g/mol. The molecule has 0 unspecified atom stereocenters. The molecule has 126 valence electrons. The zero-order valence-corrected chi connectivity index (χ0v) is 14.4. The van der Waals surface area contributed by atoms with Crippen LogP contribution in [0.2, 0.25) is 0 Å². The van der Waals surface area contributed by atoms with Crippen molar-refractivity contribution in [3.05, 3.63) is 46.3 Å². The first-order valence-corrected chi connectivity index (χ1v) is 8.83. The van der Waals surface area contributed by atoms with Gasteiger partial charge in [-0.15, -0.1) is 0 Å². The van der Waals surface area contributed by atoms with E-state index in [2.05, 4.69) is 15.2 Å². The Kier molecular flexibility index (Phi) is 5.22. The van der Waals surface area contributed by atoms with E-state index in [0.29, 0.717) is 17.9 Å². The minimum Gasteiger partial charge on any atom is -0.340 e. The summed E-state index contributed by atoms with van der Waals surface area (Å²) in [5, 5.41) is 6.52. The van der Waals surface area contributed by atoms with Gasteiger partial charge < -0.3 is 10.2 Å². The van der Waals surface area contributed by atoms with Gasteiger partial charge in [-0.25, -0.2) is 4.98 Å². The van der Waals surface area contributed by atoms with Crippen LogP contribution in [0.5, 0.6) is 0 Å². The third-order valence-electron chi connectivity index (χ3n) is 4.03. The molecule has 0 spiro atoms. The minimum atomic E-state index is -0.143. The Morgan fingerprint density at radius 1 is 1.21 bits per heavy atom. The van der Waals surface area contributed by atoms with Crippen LogP contribution in [0.15, 0.2) is 35.0 Å². The molecule has 6 nitrogen and oxygen atoms in total. The lowest BCUT2D eigenvalue weighted by molar-refractivity contribution is -0.130. The number of rotatable bonds is 4. The van der Waals surface area contributed by atoms with E-state index < -0.39 is 0 Å². The number of pyridine rings is 1. The second-order valence-electron chi connectivity index (χ2n) is 5.76. The molecule has 0 aliphatic carbocycles. The van der Waals surface area contributed by atoms with Crippen molar-refractivity contribution in [1.29, 1.82) is 0 Å². The van der Waals surface area contributed by atoms with Crippen molar-refractivity contribution in [2.45, 2.75) is 13.5 Å². The average molecular weight is 344 g/mol. The number of thiophene rings is 1. The third-order valence-corrected chi connectivity index (χ3v) is 4.72. The molecular formula is C17H20N4O2S. The van der Waals surface area contributed by atoms with Crippen LogP contribution in [-0.2, 0) is 11.3 Å². The highest BCUT2D eigenvalue weighted by Crippen LogP contribution is 2.12. The number of hydrogen-bond donors (Lipinski definition) is 1. The van der Waals surface area contributed by atoms with Gasteiger partial charge >= 0.3 is 0 Å². The van der Waals surface area contributed by atoms with Crippen LogP contribution < -0.4 is 5.32 Å². The Balaban J connectivity index is 1.58. The summed E-state index contributed by atoms with van der Waals surface area (Å²) < 4.78 is 0. The molecule has 3 heterocycles. The van der Waals surface area contributed by atoms with Crippen molar-refractivity contribution in [2.75, 3.05) is 31.5 Å². The van der Waals surface area contributed by atoms with E-state index in [1.54, 1.807) is 19.1 Å². The molecule has 0 saturated carbocycles. The van der Waals surface area contributed by atoms with Gasteiger partial charge in [-0.3, -0.25) is 14.5 Å². The van der Waals surface area contributed by atoms with Crippen molar-refractivity contribution in [3.63, 3.8) is 0 Å². The lowest BCUT2D eigenvalue weighted by atomic mass is 10.2. The van der Waals surface area contributed by atoms with Crippen molar-refractivity contribution in [3.8, 4) is 0 Å². The third kappa shape index (κ3) is 4.18. The van der Waals surface area contributed by atoms with E-state index in [4.69, 9.17) is 0 Å². The van der Waals surface area contributed by atoms with Crippen LogP contribution in [0, 0.1) is 0 Å². The second kappa shape index (κ2) is 7.55. The van der Waals surface area contributed by atoms with Gasteiger partial charge in [-0.05, 0) is 23.6 Å². The summed E-state index contributed by atoms with van der Waals surface area (Å²) >= 11 is 1.49. The maximum Gasteiger partial charge on any atom is 0.257 e. The zero-order chi connectivity index (χ0) is 16.9. The smallest absolute Gasteiger partial charge is 0.257 e. The van der Waals surface area contributed by atoms with Gasteiger partial charge in [-0.2, -0.15) is 11.3 Å². The SMILES string of the molecule is CC(=O)N1CCN(Cc2cccc(NC(=O)c3ccsc3)n2)CC1. The van der Waals surface area contributed by atoms with Gasteiger partial charge in [0.1, 0.15) is 5.82 Å². The Bertz CT molecular complexity index is 709. The first-order valence-electron chi connectivity index (χ1n) is 7.89. The fourth-order valence-electron chi connectivity index (χ4n) is 2.67. The largest absolute Gasteiger partial charge is 0.340 e. The van der Waals surface area contributed by atoms with E-state index in [0.717, 1.165) is 31.9 Å². The van der Waals surface area contributed by atoms with Gasteiger partial charge in [0.15, 0.2) is 0 Å². The van der Waals surface area contributed by atoms with E-state index in [1.807, 2.05) is 27.8 Å². The van der Waals surface area contributed by atoms with Crippen molar-refractivity contribution in [1.82, 2.24) is 14.8 Å². The molecule has 7 heteroatoms. The number of anilines is 1. The fraction of sp³-hybridized carbons (Fsp3) is 0.353. The Morgan fingerprint density at radius 2 is 2.00 bits per heavy atom. The summed E-state index contributed by atoms with van der Waals surface area (Å²) in [6.07, 6.45) is 0. The van der Waals surface area contributed by atoms with Gasteiger partial charge in [0.05, 0.1) is 11.3 Å². The highest BCUT2D eigenvalue weighted by molar-refractivity contribution is 7.08. The average Bonchev–Trinajstić information content (AvgIpc) is 3.10. The lowest BCUT2D eigenvalue weighted by Gasteiger charge is -2.33. The highest BCUT2D eigenvalue weighted by Gasteiger charge is 2.19. The lowest BCUT2D eigenvalue weighted by Crippen LogP contribution is -2.47. The fourth-order valence-corrected chi connectivity index (χ4v) is 3.31. The molecule has 1 N–H and O–H groups in total. The Labute approximate surface area is 145 Å². The molecule has 1 saturated heterocycles. The normalized spacial score (nSPS) is 15.3. The maximum atomic E-state index is 12.1. The summed E-state index contributed by atoms with van der Waals surface area (Å²) in [6.45, 7) is 5.51. The van der Waals surface area contributed by atoms with E-state index >= 15 is 0 Å². The number of carbonyl (C=O) groups is 2. The van der Waals surface area contributed by atoms with Crippen LogP contribution in [-0.4, -0.2) is 52.8 Å². The summed E-state index contributed by atoms with van der Waals surface area (Å²) in [7, 11) is 0. The van der Waals surface area contributed by atoms with Crippen molar-refractivity contribution >= 4 is 29.0 Å². The molecule has 3 rings (SSSR count). The van der Waals surface area contributed by atoms with Gasteiger partial charge in [0, 0.05) is 45.0 Å². The van der Waals surface area contributed by atoms with Gasteiger partial charge in [-0.1, -0.05) is 6.07 Å².